The summed E-state index contributed by atoms with van der Waals surface area (Å²) in [5, 5.41) is 0. The van der Waals surface area contributed by atoms with Crippen molar-refractivity contribution in [1.82, 2.24) is 0 Å². The maximum Gasteiger partial charge on any atom is 0.296 e. The van der Waals surface area contributed by atoms with Gasteiger partial charge in [-0.1, -0.05) is 85.5 Å². The van der Waals surface area contributed by atoms with Crippen molar-refractivity contribution in [3.8, 4) is 5.75 Å². The molecule has 1 fully saturated rings. The molecule has 0 bridgehead atoms. The molecule has 0 aromatic heterocycles. The van der Waals surface area contributed by atoms with Gasteiger partial charge in [-0.05, 0) is 116 Å². The molecule has 5 heteroatoms. The molecule has 0 radical (unpaired) electrons. The summed E-state index contributed by atoms with van der Waals surface area (Å²) < 4.78 is 36.7. The minimum absolute atomic E-state index is 0.234. The molecule has 6 rings (SSSR count). The molecule has 0 amide bonds. The molecule has 0 spiro atoms. The van der Waals surface area contributed by atoms with Crippen molar-refractivity contribution in [1.29, 1.82) is 0 Å². The Kier molecular flexibility index (Phi) is 8.61. The van der Waals surface area contributed by atoms with E-state index in [1.165, 1.54) is 42.4 Å². The molecule has 3 aliphatic rings. The van der Waals surface area contributed by atoms with E-state index >= 15 is 0 Å². The molecule has 3 aromatic rings. The summed E-state index contributed by atoms with van der Waals surface area (Å²) in [6, 6.07) is 24.1. The molecule has 0 saturated heterocycles. The Morgan fingerprint density at radius 1 is 0.929 bits per heavy atom. The Morgan fingerprint density at radius 2 is 1.74 bits per heavy atom. The average Bonchev–Trinajstić information content (AvgIpc) is 3.40. The second kappa shape index (κ2) is 12.4. The third-order valence-electron chi connectivity index (χ3n) is 10.1. The van der Waals surface area contributed by atoms with E-state index in [-0.39, 0.29) is 11.5 Å². The quantitative estimate of drug-likeness (QED) is 0.128. The zero-order valence-electron chi connectivity index (χ0n) is 25.1. The lowest BCUT2D eigenvalue weighted by Gasteiger charge is -2.50. The molecule has 0 aliphatic heterocycles. The van der Waals surface area contributed by atoms with Gasteiger partial charge < -0.3 is 4.74 Å². The van der Waals surface area contributed by atoms with Crippen molar-refractivity contribution in [2.24, 2.45) is 17.3 Å². The van der Waals surface area contributed by atoms with Crippen LogP contribution in [0.1, 0.15) is 86.5 Å². The molecular weight excluding hydrogens is 540 g/mol. The summed E-state index contributed by atoms with van der Waals surface area (Å²) >= 11 is 0. The van der Waals surface area contributed by atoms with E-state index in [9.17, 15) is 8.42 Å². The van der Waals surface area contributed by atoms with Crippen molar-refractivity contribution in [3.63, 3.8) is 0 Å². The van der Waals surface area contributed by atoms with E-state index in [1.54, 1.807) is 29.8 Å². The number of benzene rings is 3. The summed E-state index contributed by atoms with van der Waals surface area (Å²) in [7, 11) is -3.70. The predicted molar refractivity (Wildman–Crippen MR) is 168 cm³/mol. The van der Waals surface area contributed by atoms with Crippen LogP contribution >= 0.6 is 0 Å². The van der Waals surface area contributed by atoms with Crippen LogP contribution in [0.5, 0.6) is 5.75 Å². The first-order valence-electron chi connectivity index (χ1n) is 15.8. The maximum atomic E-state index is 12.5. The Hall–Kier alpha value is -2.89. The number of hydrogen-bond donors (Lipinski definition) is 0. The normalized spacial score (nSPS) is 24.8. The van der Waals surface area contributed by atoms with Crippen LogP contribution in [-0.4, -0.2) is 15.0 Å². The molecule has 0 N–H and O–H groups in total. The average molecular weight is 585 g/mol. The van der Waals surface area contributed by atoms with Gasteiger partial charge in [-0.15, -0.1) is 0 Å². The number of hydrogen-bond acceptors (Lipinski definition) is 4. The van der Waals surface area contributed by atoms with Gasteiger partial charge in [-0.3, -0.25) is 4.18 Å². The van der Waals surface area contributed by atoms with Crippen LogP contribution in [-0.2, 0) is 27.3 Å². The molecule has 4 atom stereocenters. The van der Waals surface area contributed by atoms with E-state index in [1.807, 2.05) is 13.0 Å². The summed E-state index contributed by atoms with van der Waals surface area (Å²) in [4.78, 5) is 0.234. The topological polar surface area (TPSA) is 52.6 Å². The third-order valence-corrected chi connectivity index (χ3v) is 11.4. The Balaban J connectivity index is 1.10. The van der Waals surface area contributed by atoms with Gasteiger partial charge in [-0.25, -0.2) is 0 Å². The molecule has 3 aromatic carbocycles. The van der Waals surface area contributed by atoms with E-state index in [0.29, 0.717) is 29.8 Å². The monoisotopic (exact) mass is 584 g/mol. The summed E-state index contributed by atoms with van der Waals surface area (Å²) in [6.07, 6.45) is 12.7. The number of allylic oxidation sites excluding steroid dienone is 2. The Labute approximate surface area is 252 Å². The third kappa shape index (κ3) is 6.23. The van der Waals surface area contributed by atoms with Gasteiger partial charge in [-0.2, -0.15) is 8.42 Å². The highest BCUT2D eigenvalue weighted by Gasteiger charge is 2.49. The molecule has 4 nitrogen and oxygen atoms in total. The number of ether oxygens (including phenoxy) is 1. The molecular formula is C37H44O4S. The number of unbranched alkanes of at least 4 members (excludes halogenated alkanes) is 2. The lowest BCUT2D eigenvalue weighted by molar-refractivity contribution is 0.163. The number of fused-ring (bicyclic) bond motifs is 5. The van der Waals surface area contributed by atoms with Crippen molar-refractivity contribution in [2.45, 2.75) is 89.1 Å². The van der Waals surface area contributed by atoms with Crippen LogP contribution in [0.2, 0.25) is 0 Å². The van der Waals surface area contributed by atoms with Crippen LogP contribution in [0.15, 0.2) is 89.3 Å². The van der Waals surface area contributed by atoms with Gasteiger partial charge in [0.25, 0.3) is 10.1 Å². The van der Waals surface area contributed by atoms with Crippen LogP contribution < -0.4 is 4.74 Å². The van der Waals surface area contributed by atoms with Crippen LogP contribution in [0.3, 0.4) is 0 Å². The van der Waals surface area contributed by atoms with Crippen molar-refractivity contribution >= 4 is 10.1 Å². The maximum absolute atomic E-state index is 12.5. The van der Waals surface area contributed by atoms with E-state index in [2.05, 4.69) is 55.5 Å². The standard InChI is InChI=1S/C37H44O4S/c1-27-14-17-32(18-15-27)42(38,39)41-23-8-4-7-12-29-24-30-25-31(40-26-28-10-5-3-6-11-28)16-19-33(30)34-20-22-37(2)21-9-13-35(37)36(29)34/h3,5-6,10-11,13-19,25,29,34,36H,4,7-9,12,20-24,26H2,1-2H3/t29-,34-,36-,37+/m1/s1. The largest absolute Gasteiger partial charge is 0.489 e. The summed E-state index contributed by atoms with van der Waals surface area (Å²) in [5.41, 5.74) is 7.31. The first-order valence-corrected chi connectivity index (χ1v) is 17.2. The Morgan fingerprint density at radius 3 is 2.55 bits per heavy atom. The van der Waals surface area contributed by atoms with Gasteiger partial charge in [0.1, 0.15) is 12.4 Å². The van der Waals surface area contributed by atoms with E-state index in [4.69, 9.17) is 8.92 Å². The van der Waals surface area contributed by atoms with Crippen LogP contribution in [0.4, 0.5) is 0 Å². The van der Waals surface area contributed by atoms with Gasteiger partial charge in [0.2, 0.25) is 0 Å². The van der Waals surface area contributed by atoms with Crippen molar-refractivity contribution in [3.05, 3.63) is 107 Å². The van der Waals surface area contributed by atoms with Crippen LogP contribution in [0.25, 0.3) is 0 Å². The zero-order chi connectivity index (χ0) is 29.2. The lowest BCUT2D eigenvalue weighted by atomic mass is 9.55. The molecule has 0 heterocycles. The van der Waals surface area contributed by atoms with Gasteiger partial charge in [0.15, 0.2) is 0 Å². The van der Waals surface area contributed by atoms with Gasteiger partial charge in [0, 0.05) is 0 Å². The summed E-state index contributed by atoms with van der Waals surface area (Å²) in [6.45, 7) is 5.27. The lowest BCUT2D eigenvalue weighted by Crippen LogP contribution is -2.39. The minimum Gasteiger partial charge on any atom is -0.489 e. The van der Waals surface area contributed by atoms with Crippen LogP contribution in [0, 0.1) is 24.2 Å². The number of rotatable bonds is 11. The highest BCUT2D eigenvalue weighted by atomic mass is 32.2. The fraction of sp³-hybridized carbons (Fsp3) is 0.459. The summed E-state index contributed by atoms with van der Waals surface area (Å²) in [5.74, 6) is 2.77. The van der Waals surface area contributed by atoms with Crippen molar-refractivity contribution < 1.29 is 17.3 Å². The fourth-order valence-corrected chi connectivity index (χ4v) is 8.76. The van der Waals surface area contributed by atoms with Crippen molar-refractivity contribution in [2.75, 3.05) is 6.61 Å². The first kappa shape index (κ1) is 29.2. The highest BCUT2D eigenvalue weighted by Crippen LogP contribution is 2.60. The number of aryl methyl sites for hydroxylation is 1. The molecule has 3 aliphatic carbocycles. The highest BCUT2D eigenvalue weighted by molar-refractivity contribution is 7.86. The zero-order valence-corrected chi connectivity index (χ0v) is 25.9. The molecule has 1 saturated carbocycles. The van der Waals surface area contributed by atoms with Gasteiger partial charge >= 0.3 is 0 Å². The molecule has 42 heavy (non-hydrogen) atoms. The minimum atomic E-state index is -3.70. The van der Waals surface area contributed by atoms with Gasteiger partial charge in [0.05, 0.1) is 11.5 Å². The molecule has 222 valence electrons. The Bertz CT molecular complexity index is 1510. The SMILES string of the molecule is Cc1ccc(S(=O)(=O)OCCCCC[C@@H]2Cc3cc(OCc4ccccc4)ccc3[C@H]3CC[C@]4(C)CCC=C4[C@H]23)cc1. The fourth-order valence-electron chi connectivity index (χ4n) is 7.82. The van der Waals surface area contributed by atoms with E-state index in [0.717, 1.165) is 43.4 Å². The second-order valence-electron chi connectivity index (χ2n) is 13.0. The second-order valence-corrected chi connectivity index (χ2v) is 14.6. The van der Waals surface area contributed by atoms with E-state index < -0.39 is 10.1 Å². The molecule has 0 unspecified atom stereocenters. The smallest absolute Gasteiger partial charge is 0.296 e. The first-order chi connectivity index (χ1) is 20.3. The predicted octanol–water partition coefficient (Wildman–Crippen LogP) is 8.93.